The Morgan fingerprint density at radius 2 is 1.93 bits per heavy atom. The summed E-state index contributed by atoms with van der Waals surface area (Å²) in [4.78, 5) is 11.4. The van der Waals surface area contributed by atoms with Crippen molar-refractivity contribution in [1.29, 1.82) is 0 Å². The summed E-state index contributed by atoms with van der Waals surface area (Å²) in [6, 6.07) is 12.3. The van der Waals surface area contributed by atoms with Gasteiger partial charge in [0.05, 0.1) is 5.69 Å². The molecule has 0 radical (unpaired) electrons. The van der Waals surface area contributed by atoms with Gasteiger partial charge in [0.1, 0.15) is 5.76 Å². The maximum absolute atomic E-state index is 6.11. The summed E-state index contributed by atoms with van der Waals surface area (Å²) in [6.07, 6.45) is 13.2. The maximum atomic E-state index is 6.11. The number of rotatable bonds is 3. The van der Waals surface area contributed by atoms with Gasteiger partial charge in [0.25, 0.3) is 0 Å². The summed E-state index contributed by atoms with van der Waals surface area (Å²) in [5.41, 5.74) is 5.38. The highest BCUT2D eigenvalue weighted by molar-refractivity contribution is 5.84. The summed E-state index contributed by atoms with van der Waals surface area (Å²) in [6.45, 7) is 2.05. The summed E-state index contributed by atoms with van der Waals surface area (Å²) < 4.78 is 6.11. The lowest BCUT2D eigenvalue weighted by molar-refractivity contribution is 0.593. The molecule has 1 aliphatic rings. The van der Waals surface area contributed by atoms with Crippen LogP contribution >= 0.6 is 0 Å². The number of aryl methyl sites for hydroxylation is 1. The van der Waals surface area contributed by atoms with Crippen molar-refractivity contribution >= 4 is 16.5 Å². The Morgan fingerprint density at radius 1 is 1.00 bits per heavy atom. The molecule has 0 aliphatic heterocycles. The quantitative estimate of drug-likeness (QED) is 0.473. The van der Waals surface area contributed by atoms with E-state index in [1.165, 1.54) is 11.0 Å². The molecular weight excluding hydrogens is 334 g/mol. The van der Waals surface area contributed by atoms with Gasteiger partial charge >= 0.3 is 0 Å². The zero-order valence-corrected chi connectivity index (χ0v) is 15.0. The Hall–Kier alpha value is -3.53. The molecular formula is C23H19N3O. The third-order valence-electron chi connectivity index (χ3n) is 4.86. The lowest BCUT2D eigenvalue weighted by atomic mass is 10.1. The number of benzene rings is 1. The zero-order valence-electron chi connectivity index (χ0n) is 15.0. The first-order valence-electron chi connectivity index (χ1n) is 9.05. The van der Waals surface area contributed by atoms with Crippen LogP contribution < -0.4 is 0 Å². The normalized spacial score (nSPS) is 13.9. The van der Waals surface area contributed by atoms with E-state index >= 15 is 0 Å². The number of imidazole rings is 1. The SMILES string of the molecule is Cc1[nH]c(-c2ccc(-c3ccc4cc[nH]c4c3)o2)nc1C1=CC=CC=CC1. The molecule has 0 saturated heterocycles. The highest BCUT2D eigenvalue weighted by atomic mass is 16.3. The maximum Gasteiger partial charge on any atom is 0.174 e. The number of nitrogens with one attached hydrogen (secondary N) is 2. The van der Waals surface area contributed by atoms with E-state index in [2.05, 4.69) is 52.5 Å². The van der Waals surface area contributed by atoms with Gasteiger partial charge in [-0.2, -0.15) is 0 Å². The van der Waals surface area contributed by atoms with Crippen molar-refractivity contribution in [3.63, 3.8) is 0 Å². The van der Waals surface area contributed by atoms with E-state index in [0.717, 1.165) is 46.2 Å². The van der Waals surface area contributed by atoms with Crippen molar-refractivity contribution in [3.8, 4) is 22.9 Å². The zero-order chi connectivity index (χ0) is 18.2. The topological polar surface area (TPSA) is 57.6 Å². The fourth-order valence-electron chi connectivity index (χ4n) is 3.46. The number of H-pyrrole nitrogens is 2. The third kappa shape index (κ3) is 2.85. The fraction of sp³-hybridized carbons (Fsp3) is 0.0870. The van der Waals surface area contributed by atoms with Crippen LogP contribution in [-0.4, -0.2) is 15.0 Å². The average Bonchev–Trinajstić information content (AvgIpc) is 3.37. The van der Waals surface area contributed by atoms with Crippen LogP contribution in [0.1, 0.15) is 17.8 Å². The van der Waals surface area contributed by atoms with Crippen LogP contribution in [0, 0.1) is 6.92 Å². The van der Waals surface area contributed by atoms with Crippen LogP contribution in [-0.2, 0) is 0 Å². The standard InChI is InChI=1S/C23H19N3O/c1-15-22(17-6-4-2-3-5-7-17)26-23(25-15)21-11-10-20(27-21)18-9-8-16-12-13-24-19(16)14-18/h2-6,8-14,24H,7H2,1H3,(H,25,26). The molecule has 1 aliphatic carbocycles. The summed E-state index contributed by atoms with van der Waals surface area (Å²) in [5, 5.41) is 1.19. The highest BCUT2D eigenvalue weighted by Crippen LogP contribution is 2.31. The molecule has 4 heteroatoms. The van der Waals surface area contributed by atoms with Gasteiger partial charge in [-0.05, 0) is 48.6 Å². The van der Waals surface area contributed by atoms with Gasteiger partial charge in [-0.15, -0.1) is 0 Å². The van der Waals surface area contributed by atoms with Crippen molar-refractivity contribution in [3.05, 3.63) is 84.4 Å². The molecule has 0 bridgehead atoms. The number of fused-ring (bicyclic) bond motifs is 1. The van der Waals surface area contributed by atoms with Crippen LogP contribution in [0.25, 0.3) is 39.4 Å². The molecule has 2 N–H and O–H groups in total. The van der Waals surface area contributed by atoms with Crippen LogP contribution in [0.15, 0.2) is 77.4 Å². The minimum Gasteiger partial charge on any atom is -0.453 e. The lowest BCUT2D eigenvalue weighted by Crippen LogP contribution is -1.86. The van der Waals surface area contributed by atoms with Crippen LogP contribution in [0.5, 0.6) is 0 Å². The molecule has 0 unspecified atom stereocenters. The lowest BCUT2D eigenvalue weighted by Gasteiger charge is -2.00. The number of nitrogens with zero attached hydrogens (tertiary/aromatic N) is 1. The van der Waals surface area contributed by atoms with E-state index in [0.29, 0.717) is 0 Å². The minimum absolute atomic E-state index is 0.742. The Balaban J connectivity index is 1.49. The van der Waals surface area contributed by atoms with E-state index < -0.39 is 0 Å². The predicted octanol–water partition coefficient (Wildman–Crippen LogP) is 6.03. The monoisotopic (exact) mass is 353 g/mol. The van der Waals surface area contributed by atoms with Gasteiger partial charge in [0.15, 0.2) is 11.6 Å². The molecule has 4 aromatic rings. The number of hydrogen-bond donors (Lipinski definition) is 2. The number of allylic oxidation sites excluding steroid dienone is 6. The second kappa shape index (κ2) is 6.32. The molecule has 0 amide bonds. The number of hydrogen-bond acceptors (Lipinski definition) is 2. The van der Waals surface area contributed by atoms with Gasteiger partial charge < -0.3 is 14.4 Å². The molecule has 0 atom stereocenters. The Morgan fingerprint density at radius 3 is 2.89 bits per heavy atom. The molecule has 0 saturated carbocycles. The molecule has 1 aromatic carbocycles. The molecule has 0 fully saturated rings. The van der Waals surface area contributed by atoms with Crippen molar-refractivity contribution in [1.82, 2.24) is 15.0 Å². The predicted molar refractivity (Wildman–Crippen MR) is 109 cm³/mol. The second-order valence-corrected chi connectivity index (χ2v) is 6.71. The number of aromatic amines is 2. The first-order chi connectivity index (χ1) is 13.3. The smallest absolute Gasteiger partial charge is 0.174 e. The number of aromatic nitrogens is 3. The van der Waals surface area contributed by atoms with Gasteiger partial charge in [0, 0.05) is 23.0 Å². The largest absolute Gasteiger partial charge is 0.453 e. The van der Waals surface area contributed by atoms with Crippen molar-refractivity contribution < 1.29 is 4.42 Å². The molecule has 3 heterocycles. The molecule has 0 spiro atoms. The molecule has 132 valence electrons. The van der Waals surface area contributed by atoms with Crippen molar-refractivity contribution in [2.45, 2.75) is 13.3 Å². The van der Waals surface area contributed by atoms with E-state index in [9.17, 15) is 0 Å². The van der Waals surface area contributed by atoms with Gasteiger partial charge in [-0.3, -0.25) is 0 Å². The van der Waals surface area contributed by atoms with E-state index in [4.69, 9.17) is 9.40 Å². The summed E-state index contributed by atoms with van der Waals surface area (Å²) in [5.74, 6) is 2.33. The summed E-state index contributed by atoms with van der Waals surface area (Å²) in [7, 11) is 0. The average molecular weight is 353 g/mol. The third-order valence-corrected chi connectivity index (χ3v) is 4.86. The first kappa shape index (κ1) is 15.7. The Labute approximate surface area is 157 Å². The van der Waals surface area contributed by atoms with Crippen molar-refractivity contribution in [2.24, 2.45) is 0 Å². The van der Waals surface area contributed by atoms with Crippen molar-refractivity contribution in [2.75, 3.05) is 0 Å². The van der Waals surface area contributed by atoms with E-state index in [1.54, 1.807) is 0 Å². The molecule has 4 nitrogen and oxygen atoms in total. The Kier molecular flexibility index (Phi) is 3.68. The second-order valence-electron chi connectivity index (χ2n) is 6.71. The van der Waals surface area contributed by atoms with E-state index in [1.807, 2.05) is 37.4 Å². The fourth-order valence-corrected chi connectivity index (χ4v) is 3.46. The van der Waals surface area contributed by atoms with Crippen LogP contribution in [0.4, 0.5) is 0 Å². The molecule has 27 heavy (non-hydrogen) atoms. The molecule has 5 rings (SSSR count). The Bertz CT molecular complexity index is 1210. The van der Waals surface area contributed by atoms with Gasteiger partial charge in [0.2, 0.25) is 0 Å². The highest BCUT2D eigenvalue weighted by Gasteiger charge is 2.15. The van der Waals surface area contributed by atoms with E-state index in [-0.39, 0.29) is 0 Å². The van der Waals surface area contributed by atoms with Crippen LogP contribution in [0.2, 0.25) is 0 Å². The van der Waals surface area contributed by atoms with Crippen LogP contribution in [0.3, 0.4) is 0 Å². The summed E-state index contributed by atoms with van der Waals surface area (Å²) >= 11 is 0. The number of furan rings is 1. The van der Waals surface area contributed by atoms with Gasteiger partial charge in [-0.25, -0.2) is 4.98 Å². The minimum atomic E-state index is 0.742. The molecule has 3 aromatic heterocycles. The first-order valence-corrected chi connectivity index (χ1v) is 9.05. The van der Waals surface area contributed by atoms with Gasteiger partial charge in [-0.1, -0.05) is 42.5 Å².